The smallest absolute Gasteiger partial charge is 0.417 e. The highest BCUT2D eigenvalue weighted by atomic mass is 35.5. The average Bonchev–Trinajstić information content (AvgIpc) is 3.15. The molecular formula is C25H29ClF3N3O3. The van der Waals surface area contributed by atoms with Crippen LogP contribution >= 0.6 is 11.6 Å². The maximum atomic E-state index is 13.1. The van der Waals surface area contributed by atoms with Crippen molar-refractivity contribution >= 4 is 23.3 Å². The number of urea groups is 1. The van der Waals surface area contributed by atoms with Gasteiger partial charge in [0.25, 0.3) is 0 Å². The Bertz CT molecular complexity index is 1100. The largest absolute Gasteiger partial charge is 0.493 e. The topological polar surface area (TPSA) is 62.8 Å². The summed E-state index contributed by atoms with van der Waals surface area (Å²) in [6.07, 6.45) is -2.22. The number of fused-ring (bicyclic) bond motifs is 1. The number of alkyl halides is 3. The molecule has 1 saturated carbocycles. The molecule has 6 nitrogen and oxygen atoms in total. The number of methoxy groups -OCH3 is 2. The maximum Gasteiger partial charge on any atom is 0.417 e. The number of benzene rings is 2. The second-order valence-electron chi connectivity index (χ2n) is 9.38. The van der Waals surface area contributed by atoms with Crippen LogP contribution in [-0.4, -0.2) is 51.3 Å². The van der Waals surface area contributed by atoms with Crippen LogP contribution in [0.15, 0.2) is 36.4 Å². The zero-order valence-corrected chi connectivity index (χ0v) is 20.6. The molecule has 1 saturated heterocycles. The predicted octanol–water partition coefficient (Wildman–Crippen LogP) is 5.55. The molecule has 1 aliphatic carbocycles. The summed E-state index contributed by atoms with van der Waals surface area (Å²) < 4.78 is 50.3. The number of likely N-dealkylation sites (N-methyl/N-ethyl adjacent to an activating group) is 1. The van der Waals surface area contributed by atoms with Crippen molar-refractivity contribution in [2.75, 3.05) is 39.7 Å². The lowest BCUT2D eigenvalue weighted by atomic mass is 9.63. The zero-order valence-electron chi connectivity index (χ0n) is 19.8. The normalized spacial score (nSPS) is 24.5. The van der Waals surface area contributed by atoms with Crippen molar-refractivity contribution in [1.29, 1.82) is 0 Å². The van der Waals surface area contributed by atoms with E-state index in [9.17, 15) is 18.0 Å². The fourth-order valence-corrected chi connectivity index (χ4v) is 5.85. The van der Waals surface area contributed by atoms with E-state index >= 15 is 0 Å². The number of nitrogens with one attached hydrogen (secondary N) is 2. The van der Waals surface area contributed by atoms with Gasteiger partial charge in [0.05, 0.1) is 24.8 Å². The molecule has 2 aliphatic rings. The van der Waals surface area contributed by atoms with Crippen molar-refractivity contribution in [3.8, 4) is 11.5 Å². The van der Waals surface area contributed by atoms with Crippen LogP contribution in [0.3, 0.4) is 0 Å². The van der Waals surface area contributed by atoms with Gasteiger partial charge in [0.2, 0.25) is 0 Å². The molecule has 0 aromatic heterocycles. The second-order valence-corrected chi connectivity index (χ2v) is 9.79. The van der Waals surface area contributed by atoms with E-state index in [4.69, 9.17) is 21.1 Å². The van der Waals surface area contributed by atoms with Gasteiger partial charge in [-0.2, -0.15) is 13.2 Å². The lowest BCUT2D eigenvalue weighted by molar-refractivity contribution is -0.137. The number of rotatable bonds is 5. The molecule has 0 bridgehead atoms. The average molecular weight is 512 g/mol. The van der Waals surface area contributed by atoms with Gasteiger partial charge in [0.15, 0.2) is 11.5 Å². The van der Waals surface area contributed by atoms with E-state index in [0.717, 1.165) is 44.5 Å². The Morgan fingerprint density at radius 1 is 1.14 bits per heavy atom. The number of anilines is 1. The van der Waals surface area contributed by atoms with Crippen LogP contribution in [0, 0.1) is 5.92 Å². The summed E-state index contributed by atoms with van der Waals surface area (Å²) in [6.45, 7) is 1.79. The summed E-state index contributed by atoms with van der Waals surface area (Å²) in [5.41, 5.74) is 0.174. The fourth-order valence-electron chi connectivity index (χ4n) is 5.62. The number of likely N-dealkylation sites (tertiary alicyclic amines) is 1. The first-order valence-electron chi connectivity index (χ1n) is 11.4. The zero-order chi connectivity index (χ0) is 25.4. The van der Waals surface area contributed by atoms with E-state index in [2.05, 4.69) is 28.6 Å². The molecule has 10 heteroatoms. The Balaban J connectivity index is 1.46. The maximum absolute atomic E-state index is 13.1. The molecule has 2 aromatic rings. The highest BCUT2D eigenvalue weighted by molar-refractivity contribution is 6.31. The van der Waals surface area contributed by atoms with Crippen LogP contribution in [0.2, 0.25) is 5.02 Å². The Labute approximate surface area is 207 Å². The monoisotopic (exact) mass is 511 g/mol. The van der Waals surface area contributed by atoms with E-state index in [1.54, 1.807) is 14.2 Å². The molecule has 1 heterocycles. The first-order valence-corrected chi connectivity index (χ1v) is 11.8. The number of hydrogen-bond acceptors (Lipinski definition) is 4. The van der Waals surface area contributed by atoms with Gasteiger partial charge in [-0.25, -0.2) is 4.79 Å². The SMILES string of the molecule is COc1ccc(C23CCC(NC(=O)Nc4ccc(Cl)c(C(F)(F)F)c4)CC2CN(C)C3)cc1OC. The van der Waals surface area contributed by atoms with Crippen molar-refractivity contribution < 1.29 is 27.4 Å². The van der Waals surface area contributed by atoms with Gasteiger partial charge in [-0.05, 0) is 68.1 Å². The van der Waals surface area contributed by atoms with Crippen LogP contribution in [0.25, 0.3) is 0 Å². The Kier molecular flexibility index (Phi) is 7.11. The molecule has 3 atom stereocenters. The van der Waals surface area contributed by atoms with Crippen LogP contribution in [0.1, 0.15) is 30.4 Å². The van der Waals surface area contributed by atoms with E-state index in [1.165, 1.54) is 11.6 Å². The number of carbonyl (C=O) groups is 1. The number of amides is 2. The second kappa shape index (κ2) is 9.78. The number of nitrogens with zero attached hydrogens (tertiary/aromatic N) is 1. The van der Waals surface area contributed by atoms with E-state index < -0.39 is 22.8 Å². The molecule has 3 unspecified atom stereocenters. The summed E-state index contributed by atoms with van der Waals surface area (Å²) in [5.74, 6) is 1.67. The molecule has 0 radical (unpaired) electrons. The van der Waals surface area contributed by atoms with Crippen LogP contribution in [0.5, 0.6) is 11.5 Å². The Hall–Kier alpha value is -2.65. The van der Waals surface area contributed by atoms with Crippen molar-refractivity contribution in [3.05, 3.63) is 52.5 Å². The Morgan fingerprint density at radius 2 is 1.89 bits per heavy atom. The standard InChI is InChI=1S/C25H29ClF3N3O3/c1-32-13-16-10-18(31-23(33)30-17-5-6-20(26)19(12-17)25(27,28)29)8-9-24(16,14-32)15-4-7-21(34-2)22(11-15)35-3/h4-7,11-12,16,18H,8-10,13-14H2,1-3H3,(H2,30,31,33). The third kappa shape index (κ3) is 5.16. The highest BCUT2D eigenvalue weighted by Gasteiger charge is 2.50. The molecule has 35 heavy (non-hydrogen) atoms. The molecular weight excluding hydrogens is 483 g/mol. The predicted molar refractivity (Wildman–Crippen MR) is 128 cm³/mol. The molecule has 190 valence electrons. The number of carbonyl (C=O) groups excluding carboxylic acids is 1. The van der Waals surface area contributed by atoms with Crippen LogP contribution < -0.4 is 20.1 Å². The number of hydrogen-bond donors (Lipinski definition) is 2. The minimum atomic E-state index is -4.60. The fraction of sp³-hybridized carbons (Fsp3) is 0.480. The van der Waals surface area contributed by atoms with Crippen LogP contribution in [0.4, 0.5) is 23.7 Å². The molecule has 2 fully saturated rings. The van der Waals surface area contributed by atoms with Gasteiger partial charge >= 0.3 is 12.2 Å². The van der Waals surface area contributed by atoms with Gasteiger partial charge in [0.1, 0.15) is 0 Å². The third-order valence-corrected chi connectivity index (χ3v) is 7.53. The summed E-state index contributed by atoms with van der Waals surface area (Å²) in [4.78, 5) is 14.9. The van der Waals surface area contributed by atoms with Gasteiger partial charge in [-0.3, -0.25) is 0 Å². The molecule has 1 aliphatic heterocycles. The summed E-state index contributed by atoms with van der Waals surface area (Å²) in [5, 5.41) is 5.06. The molecule has 2 N–H and O–H groups in total. The lowest BCUT2D eigenvalue weighted by Crippen LogP contribution is -2.48. The van der Waals surface area contributed by atoms with Crippen molar-refractivity contribution in [3.63, 3.8) is 0 Å². The lowest BCUT2D eigenvalue weighted by Gasteiger charge is -2.42. The Morgan fingerprint density at radius 3 is 2.57 bits per heavy atom. The minimum absolute atomic E-state index is 0.0373. The number of ether oxygens (including phenoxy) is 2. The first kappa shape index (κ1) is 25.4. The molecule has 2 aromatic carbocycles. The quantitative estimate of drug-likeness (QED) is 0.552. The summed E-state index contributed by atoms with van der Waals surface area (Å²) >= 11 is 5.67. The van der Waals surface area contributed by atoms with Gasteiger partial charge < -0.3 is 25.0 Å². The van der Waals surface area contributed by atoms with Gasteiger partial charge in [-0.1, -0.05) is 17.7 Å². The van der Waals surface area contributed by atoms with Crippen molar-refractivity contribution in [2.24, 2.45) is 5.92 Å². The van der Waals surface area contributed by atoms with Gasteiger partial charge in [0, 0.05) is 30.2 Å². The minimum Gasteiger partial charge on any atom is -0.493 e. The highest BCUT2D eigenvalue weighted by Crippen LogP contribution is 2.49. The molecule has 4 rings (SSSR count). The van der Waals surface area contributed by atoms with Gasteiger partial charge in [-0.15, -0.1) is 0 Å². The number of halogens is 4. The molecule has 2 amide bonds. The summed E-state index contributed by atoms with van der Waals surface area (Å²) in [7, 11) is 5.32. The van der Waals surface area contributed by atoms with Crippen LogP contribution in [-0.2, 0) is 11.6 Å². The van der Waals surface area contributed by atoms with Crippen molar-refractivity contribution in [1.82, 2.24) is 10.2 Å². The van der Waals surface area contributed by atoms with E-state index in [0.29, 0.717) is 17.4 Å². The third-order valence-electron chi connectivity index (χ3n) is 7.20. The summed E-state index contributed by atoms with van der Waals surface area (Å²) in [6, 6.07) is 8.77. The first-order chi connectivity index (χ1) is 16.6. The molecule has 0 spiro atoms. The van der Waals surface area contributed by atoms with E-state index in [-0.39, 0.29) is 17.1 Å². The van der Waals surface area contributed by atoms with Crippen molar-refractivity contribution in [2.45, 2.75) is 36.9 Å². The van der Waals surface area contributed by atoms with E-state index in [1.807, 2.05) is 12.1 Å².